The monoisotopic (exact) mass is 421 g/mol. The van der Waals surface area contributed by atoms with Crippen LogP contribution in [0.4, 0.5) is 11.4 Å². The quantitative estimate of drug-likeness (QED) is 0.456. The van der Waals surface area contributed by atoms with Gasteiger partial charge in [-0.05, 0) is 53.3 Å². The van der Waals surface area contributed by atoms with Crippen molar-refractivity contribution in [3.05, 3.63) is 82.0 Å². The lowest BCUT2D eigenvalue weighted by Gasteiger charge is -2.18. The number of anilines is 2. The van der Waals surface area contributed by atoms with Crippen molar-refractivity contribution in [1.29, 1.82) is 0 Å². The van der Waals surface area contributed by atoms with Crippen LogP contribution in [0.2, 0.25) is 0 Å². The minimum absolute atomic E-state index is 0.0337. The Hall–Kier alpha value is -2.96. The molecule has 0 aliphatic carbocycles. The molecular weight excluding hydrogens is 394 g/mol. The van der Waals surface area contributed by atoms with Gasteiger partial charge in [-0.3, -0.25) is 14.9 Å². The number of benzene rings is 2. The van der Waals surface area contributed by atoms with Crippen LogP contribution in [0.25, 0.3) is 0 Å². The van der Waals surface area contributed by atoms with Crippen molar-refractivity contribution in [3.63, 3.8) is 0 Å². The summed E-state index contributed by atoms with van der Waals surface area (Å²) in [6.07, 6.45) is 2.19. The molecule has 0 bridgehead atoms. The number of carbonyl (C=O) groups is 2. The topological polar surface area (TPSA) is 70.2 Å². The van der Waals surface area contributed by atoms with Gasteiger partial charge >= 0.3 is 0 Å². The van der Waals surface area contributed by atoms with Crippen molar-refractivity contribution < 1.29 is 9.59 Å². The van der Waals surface area contributed by atoms with Crippen LogP contribution in [0.3, 0.4) is 0 Å². The minimum Gasteiger partial charge on any atom is -0.326 e. The molecule has 3 aromatic rings. The van der Waals surface area contributed by atoms with E-state index in [2.05, 4.69) is 53.2 Å². The molecule has 1 heterocycles. The highest BCUT2D eigenvalue weighted by Crippen LogP contribution is 2.26. The van der Waals surface area contributed by atoms with Crippen molar-refractivity contribution in [2.75, 3.05) is 17.2 Å². The van der Waals surface area contributed by atoms with Gasteiger partial charge < -0.3 is 10.6 Å². The molecule has 3 N–H and O–H groups in total. The largest absolute Gasteiger partial charge is 0.326 e. The van der Waals surface area contributed by atoms with Crippen molar-refractivity contribution in [1.82, 2.24) is 5.32 Å². The van der Waals surface area contributed by atoms with Crippen molar-refractivity contribution in [3.8, 4) is 0 Å². The average molecular weight is 422 g/mol. The van der Waals surface area contributed by atoms with E-state index in [4.69, 9.17) is 0 Å². The molecule has 0 saturated carbocycles. The minimum atomic E-state index is -0.127. The number of rotatable bonds is 9. The SMILES string of the molecule is CCCc1ccc([C@H](NCC(=O)Nc2ccc(NC(C)=O)cc2)c2cccs2)cc1. The molecule has 1 atom stereocenters. The van der Waals surface area contributed by atoms with E-state index >= 15 is 0 Å². The first-order valence-corrected chi connectivity index (χ1v) is 11.0. The van der Waals surface area contributed by atoms with E-state index < -0.39 is 0 Å². The Bertz CT molecular complexity index is 951. The Labute approximate surface area is 181 Å². The van der Waals surface area contributed by atoms with Gasteiger partial charge in [-0.15, -0.1) is 11.3 Å². The molecule has 3 rings (SSSR count). The number of hydrogen-bond donors (Lipinski definition) is 3. The first-order valence-electron chi connectivity index (χ1n) is 10.1. The van der Waals surface area contributed by atoms with Gasteiger partial charge in [0.1, 0.15) is 0 Å². The molecule has 0 unspecified atom stereocenters. The second-order valence-electron chi connectivity index (χ2n) is 7.13. The fourth-order valence-electron chi connectivity index (χ4n) is 3.24. The summed E-state index contributed by atoms with van der Waals surface area (Å²) in [5, 5.41) is 11.0. The lowest BCUT2D eigenvalue weighted by molar-refractivity contribution is -0.115. The zero-order chi connectivity index (χ0) is 21.3. The van der Waals surface area contributed by atoms with E-state index in [0.717, 1.165) is 18.4 Å². The van der Waals surface area contributed by atoms with E-state index in [-0.39, 0.29) is 24.4 Å². The zero-order valence-electron chi connectivity index (χ0n) is 17.3. The molecule has 0 spiro atoms. The van der Waals surface area contributed by atoms with Crippen LogP contribution in [0.15, 0.2) is 66.0 Å². The number of hydrogen-bond acceptors (Lipinski definition) is 4. The van der Waals surface area contributed by atoms with Gasteiger partial charge in [-0.1, -0.05) is 43.7 Å². The van der Waals surface area contributed by atoms with E-state index in [0.29, 0.717) is 11.4 Å². The highest BCUT2D eigenvalue weighted by molar-refractivity contribution is 7.10. The van der Waals surface area contributed by atoms with Crippen molar-refractivity contribution in [2.24, 2.45) is 0 Å². The Balaban J connectivity index is 1.62. The van der Waals surface area contributed by atoms with Crippen molar-refractivity contribution >= 4 is 34.5 Å². The fourth-order valence-corrected chi connectivity index (χ4v) is 4.07. The van der Waals surface area contributed by atoms with Gasteiger partial charge in [0.2, 0.25) is 11.8 Å². The molecule has 6 heteroatoms. The number of thiophene rings is 1. The van der Waals surface area contributed by atoms with E-state index in [9.17, 15) is 9.59 Å². The molecule has 0 fully saturated rings. The first kappa shape index (κ1) is 21.7. The van der Waals surface area contributed by atoms with Crippen LogP contribution in [-0.4, -0.2) is 18.4 Å². The van der Waals surface area contributed by atoms with Gasteiger partial charge in [0, 0.05) is 23.2 Å². The summed E-state index contributed by atoms with van der Waals surface area (Å²) in [6.45, 7) is 3.82. The second kappa shape index (κ2) is 10.7. The molecule has 1 aromatic heterocycles. The maximum absolute atomic E-state index is 12.5. The molecule has 0 aliphatic heterocycles. The number of aryl methyl sites for hydroxylation is 1. The van der Waals surface area contributed by atoms with Crippen LogP contribution in [0, 0.1) is 0 Å². The van der Waals surface area contributed by atoms with Gasteiger partial charge in [0.15, 0.2) is 0 Å². The molecular formula is C24H27N3O2S. The highest BCUT2D eigenvalue weighted by Gasteiger charge is 2.16. The van der Waals surface area contributed by atoms with Gasteiger partial charge in [-0.25, -0.2) is 0 Å². The summed E-state index contributed by atoms with van der Waals surface area (Å²) in [5.74, 6) is -0.246. The maximum Gasteiger partial charge on any atom is 0.238 e. The lowest BCUT2D eigenvalue weighted by Crippen LogP contribution is -2.31. The Morgan fingerprint density at radius 3 is 2.17 bits per heavy atom. The third-order valence-electron chi connectivity index (χ3n) is 4.64. The van der Waals surface area contributed by atoms with Gasteiger partial charge in [-0.2, -0.15) is 0 Å². The van der Waals surface area contributed by atoms with E-state index in [1.54, 1.807) is 35.6 Å². The molecule has 5 nitrogen and oxygen atoms in total. The van der Waals surface area contributed by atoms with Crippen molar-refractivity contribution in [2.45, 2.75) is 32.7 Å². The summed E-state index contributed by atoms with van der Waals surface area (Å²) in [5.41, 5.74) is 3.85. The van der Waals surface area contributed by atoms with Crippen LogP contribution in [0.1, 0.15) is 42.3 Å². The summed E-state index contributed by atoms with van der Waals surface area (Å²) in [6, 6.07) is 19.7. The normalized spacial score (nSPS) is 11.7. The summed E-state index contributed by atoms with van der Waals surface area (Å²) < 4.78 is 0. The second-order valence-corrected chi connectivity index (χ2v) is 8.11. The maximum atomic E-state index is 12.5. The number of nitrogens with one attached hydrogen (secondary N) is 3. The van der Waals surface area contributed by atoms with Gasteiger partial charge in [0.25, 0.3) is 0 Å². The fraction of sp³-hybridized carbons (Fsp3) is 0.250. The summed E-state index contributed by atoms with van der Waals surface area (Å²) >= 11 is 1.67. The van der Waals surface area contributed by atoms with E-state index in [1.807, 2.05) is 11.4 Å². The molecule has 2 aromatic carbocycles. The summed E-state index contributed by atoms with van der Waals surface area (Å²) in [4.78, 5) is 24.8. The first-order chi connectivity index (χ1) is 14.5. The zero-order valence-corrected chi connectivity index (χ0v) is 18.1. The lowest BCUT2D eigenvalue weighted by atomic mass is 10.0. The van der Waals surface area contributed by atoms with Crippen LogP contribution in [-0.2, 0) is 16.0 Å². The third-order valence-corrected chi connectivity index (χ3v) is 5.57. The Morgan fingerprint density at radius 2 is 1.60 bits per heavy atom. The van der Waals surface area contributed by atoms with E-state index in [1.165, 1.54) is 17.4 Å². The molecule has 30 heavy (non-hydrogen) atoms. The predicted octanol–water partition coefficient (Wildman–Crippen LogP) is 4.98. The smallest absolute Gasteiger partial charge is 0.238 e. The summed E-state index contributed by atoms with van der Waals surface area (Å²) in [7, 11) is 0. The number of carbonyl (C=O) groups excluding carboxylic acids is 2. The molecule has 0 aliphatic rings. The molecule has 0 saturated heterocycles. The van der Waals surface area contributed by atoms with Crippen LogP contribution >= 0.6 is 11.3 Å². The van der Waals surface area contributed by atoms with Gasteiger partial charge in [0.05, 0.1) is 12.6 Å². The van der Waals surface area contributed by atoms with Crippen LogP contribution < -0.4 is 16.0 Å². The average Bonchev–Trinajstić information content (AvgIpc) is 3.25. The third kappa shape index (κ3) is 6.27. The molecule has 2 amide bonds. The molecule has 0 radical (unpaired) electrons. The standard InChI is InChI=1S/C24H27N3O2S/c1-3-5-18-7-9-19(10-8-18)24(22-6-4-15-30-22)25-16-23(29)27-21-13-11-20(12-14-21)26-17(2)28/h4,6-15,24-25H,3,5,16H2,1-2H3,(H,26,28)(H,27,29)/t24-/m0/s1. The van der Waals surface area contributed by atoms with Crippen LogP contribution in [0.5, 0.6) is 0 Å². The molecule has 156 valence electrons. The Kier molecular flexibility index (Phi) is 7.76. The predicted molar refractivity (Wildman–Crippen MR) is 124 cm³/mol. The highest BCUT2D eigenvalue weighted by atomic mass is 32.1. The Morgan fingerprint density at radius 1 is 0.933 bits per heavy atom. The number of amides is 2.